The van der Waals surface area contributed by atoms with E-state index in [-0.39, 0.29) is 17.9 Å². The SMILES string of the molecule is Cc1c(OCc2nnc3n(C)c(=O)c4sccc4n23)cccc1[N+](=O)[O-]. The van der Waals surface area contributed by atoms with Gasteiger partial charge in [-0.2, -0.15) is 0 Å². The maximum atomic E-state index is 12.3. The lowest BCUT2D eigenvalue weighted by atomic mass is 10.2. The number of hydrogen-bond donors (Lipinski definition) is 0. The van der Waals surface area contributed by atoms with Gasteiger partial charge in [-0.15, -0.1) is 21.5 Å². The molecule has 0 unspecified atom stereocenters. The summed E-state index contributed by atoms with van der Waals surface area (Å²) >= 11 is 1.35. The Morgan fingerprint density at radius 2 is 2.12 bits per heavy atom. The van der Waals surface area contributed by atoms with E-state index in [1.54, 1.807) is 30.5 Å². The van der Waals surface area contributed by atoms with Crippen molar-refractivity contribution in [2.75, 3.05) is 0 Å². The molecule has 0 fully saturated rings. The number of rotatable bonds is 4. The van der Waals surface area contributed by atoms with Gasteiger partial charge < -0.3 is 4.74 Å². The molecule has 0 spiro atoms. The number of hydrogen-bond acceptors (Lipinski definition) is 7. The fourth-order valence-electron chi connectivity index (χ4n) is 2.85. The van der Waals surface area contributed by atoms with Gasteiger partial charge in [-0.25, -0.2) is 0 Å². The van der Waals surface area contributed by atoms with E-state index < -0.39 is 4.92 Å². The van der Waals surface area contributed by atoms with Gasteiger partial charge in [0.2, 0.25) is 5.78 Å². The van der Waals surface area contributed by atoms with Gasteiger partial charge in [0.25, 0.3) is 11.2 Å². The minimum atomic E-state index is -0.445. The van der Waals surface area contributed by atoms with Crippen LogP contribution in [-0.2, 0) is 13.7 Å². The molecule has 0 aliphatic carbocycles. The van der Waals surface area contributed by atoms with Crippen LogP contribution < -0.4 is 10.3 Å². The zero-order valence-corrected chi connectivity index (χ0v) is 14.7. The van der Waals surface area contributed by atoms with E-state index in [4.69, 9.17) is 4.74 Å². The van der Waals surface area contributed by atoms with E-state index in [0.29, 0.717) is 33.1 Å². The second-order valence-corrected chi connectivity index (χ2v) is 6.61. The normalized spacial score (nSPS) is 11.3. The van der Waals surface area contributed by atoms with Crippen LogP contribution in [0.5, 0.6) is 5.75 Å². The monoisotopic (exact) mass is 371 g/mol. The number of ether oxygens (including phenoxy) is 1. The number of thiophene rings is 1. The lowest BCUT2D eigenvalue weighted by molar-refractivity contribution is -0.385. The molecule has 9 nitrogen and oxygen atoms in total. The zero-order valence-electron chi connectivity index (χ0n) is 13.9. The number of nitro benzene ring substituents is 1. The van der Waals surface area contributed by atoms with E-state index in [9.17, 15) is 14.9 Å². The Kier molecular flexibility index (Phi) is 3.69. The molecule has 0 amide bonds. The molecule has 132 valence electrons. The fourth-order valence-corrected chi connectivity index (χ4v) is 3.70. The highest BCUT2D eigenvalue weighted by atomic mass is 32.1. The topological polar surface area (TPSA) is 105 Å². The molecule has 0 aliphatic heterocycles. The van der Waals surface area contributed by atoms with Crippen molar-refractivity contribution in [1.82, 2.24) is 19.2 Å². The summed E-state index contributed by atoms with van der Waals surface area (Å²) in [4.78, 5) is 23.0. The van der Waals surface area contributed by atoms with Crippen molar-refractivity contribution in [2.45, 2.75) is 13.5 Å². The fraction of sp³-hybridized carbons (Fsp3) is 0.188. The van der Waals surface area contributed by atoms with Crippen LogP contribution >= 0.6 is 11.3 Å². The average molecular weight is 371 g/mol. The van der Waals surface area contributed by atoms with E-state index in [1.807, 2.05) is 11.4 Å². The highest BCUT2D eigenvalue weighted by Gasteiger charge is 2.18. The molecular formula is C16H13N5O4S. The summed E-state index contributed by atoms with van der Waals surface area (Å²) < 4.78 is 9.57. The summed E-state index contributed by atoms with van der Waals surface area (Å²) in [5.74, 6) is 1.32. The second-order valence-electron chi connectivity index (χ2n) is 5.70. The first-order chi connectivity index (χ1) is 12.5. The van der Waals surface area contributed by atoms with Crippen molar-refractivity contribution in [2.24, 2.45) is 7.05 Å². The highest BCUT2D eigenvalue weighted by Crippen LogP contribution is 2.28. The van der Waals surface area contributed by atoms with Gasteiger partial charge in [0.1, 0.15) is 17.1 Å². The van der Waals surface area contributed by atoms with Crippen LogP contribution in [0.3, 0.4) is 0 Å². The van der Waals surface area contributed by atoms with Gasteiger partial charge >= 0.3 is 0 Å². The Hall–Kier alpha value is -3.27. The number of fused-ring (bicyclic) bond motifs is 3. The molecular weight excluding hydrogens is 358 g/mol. The van der Waals surface area contributed by atoms with Gasteiger partial charge in [0, 0.05) is 13.1 Å². The Bertz CT molecular complexity index is 1220. The standard InChI is InChI=1S/C16H13N5O4S/c1-9-10(21(23)24)4-3-5-12(9)25-8-13-17-18-16-19(2)15(22)14-11(20(13)16)6-7-26-14/h3-7H,8H2,1-2H3. The molecule has 3 aromatic heterocycles. The summed E-state index contributed by atoms with van der Waals surface area (Å²) in [6.07, 6.45) is 0. The van der Waals surface area contributed by atoms with Crippen LogP contribution in [0.15, 0.2) is 34.4 Å². The van der Waals surface area contributed by atoms with Crippen LogP contribution in [0, 0.1) is 17.0 Å². The number of nitro groups is 1. The smallest absolute Gasteiger partial charge is 0.276 e. The molecule has 26 heavy (non-hydrogen) atoms. The van der Waals surface area contributed by atoms with E-state index >= 15 is 0 Å². The number of nitrogens with zero attached hydrogens (tertiary/aromatic N) is 5. The number of benzene rings is 1. The number of aryl methyl sites for hydroxylation is 1. The van der Waals surface area contributed by atoms with E-state index in [2.05, 4.69) is 10.2 Å². The van der Waals surface area contributed by atoms with Gasteiger partial charge in [0.05, 0.1) is 16.0 Å². The molecule has 4 aromatic rings. The Morgan fingerprint density at radius 3 is 2.88 bits per heavy atom. The lowest BCUT2D eigenvalue weighted by Crippen LogP contribution is -2.19. The third-order valence-corrected chi connectivity index (χ3v) is 5.10. The molecule has 0 N–H and O–H groups in total. The van der Waals surface area contributed by atoms with Crippen molar-refractivity contribution in [1.29, 1.82) is 0 Å². The quantitative estimate of drug-likeness (QED) is 0.403. The third-order valence-electron chi connectivity index (χ3n) is 4.21. The van der Waals surface area contributed by atoms with Crippen molar-refractivity contribution < 1.29 is 9.66 Å². The Balaban J connectivity index is 1.77. The highest BCUT2D eigenvalue weighted by molar-refractivity contribution is 7.17. The molecule has 0 saturated heterocycles. The average Bonchev–Trinajstić information content (AvgIpc) is 3.25. The summed E-state index contributed by atoms with van der Waals surface area (Å²) in [6.45, 7) is 1.70. The first-order valence-corrected chi connectivity index (χ1v) is 8.54. The molecule has 1 aromatic carbocycles. The molecule has 0 atom stereocenters. The summed E-state index contributed by atoms with van der Waals surface area (Å²) in [6, 6.07) is 6.50. The second kappa shape index (κ2) is 5.92. The summed E-state index contributed by atoms with van der Waals surface area (Å²) in [7, 11) is 1.64. The largest absolute Gasteiger partial charge is 0.485 e. The van der Waals surface area contributed by atoms with Gasteiger partial charge in [-0.1, -0.05) is 6.07 Å². The first-order valence-electron chi connectivity index (χ1n) is 7.66. The maximum absolute atomic E-state index is 12.3. The number of aromatic nitrogens is 4. The summed E-state index contributed by atoms with van der Waals surface area (Å²) in [5.41, 5.74) is 1.03. The Morgan fingerprint density at radius 1 is 1.31 bits per heavy atom. The van der Waals surface area contributed by atoms with E-state index in [1.165, 1.54) is 22.0 Å². The van der Waals surface area contributed by atoms with Crippen LogP contribution in [0.4, 0.5) is 5.69 Å². The van der Waals surface area contributed by atoms with Gasteiger partial charge in [0.15, 0.2) is 5.82 Å². The van der Waals surface area contributed by atoms with Gasteiger partial charge in [-0.05, 0) is 24.4 Å². The molecule has 0 saturated carbocycles. The molecule has 3 heterocycles. The van der Waals surface area contributed by atoms with Crippen molar-refractivity contribution in [3.05, 3.63) is 61.5 Å². The molecule has 4 rings (SSSR count). The van der Waals surface area contributed by atoms with Crippen molar-refractivity contribution >= 4 is 33.0 Å². The van der Waals surface area contributed by atoms with Crippen molar-refractivity contribution in [3.63, 3.8) is 0 Å². The molecule has 10 heteroatoms. The van der Waals surface area contributed by atoms with Crippen LogP contribution in [0.1, 0.15) is 11.4 Å². The third kappa shape index (κ3) is 2.34. The minimum Gasteiger partial charge on any atom is -0.485 e. The van der Waals surface area contributed by atoms with E-state index in [0.717, 1.165) is 0 Å². The molecule has 0 aliphatic rings. The van der Waals surface area contributed by atoms with Crippen LogP contribution in [0.25, 0.3) is 16.0 Å². The van der Waals surface area contributed by atoms with Crippen LogP contribution in [-0.4, -0.2) is 24.1 Å². The van der Waals surface area contributed by atoms with Gasteiger partial charge in [-0.3, -0.25) is 23.9 Å². The maximum Gasteiger partial charge on any atom is 0.276 e. The predicted octanol–water partition coefficient (Wildman–Crippen LogP) is 2.44. The zero-order chi connectivity index (χ0) is 18.4. The predicted molar refractivity (Wildman–Crippen MR) is 95.8 cm³/mol. The minimum absolute atomic E-state index is 0.00350. The molecule has 0 bridgehead atoms. The lowest BCUT2D eigenvalue weighted by Gasteiger charge is -2.09. The summed E-state index contributed by atoms with van der Waals surface area (Å²) in [5, 5.41) is 21.1. The Labute approximate surface area is 150 Å². The van der Waals surface area contributed by atoms with Crippen LogP contribution in [0.2, 0.25) is 0 Å². The first kappa shape index (κ1) is 16.2. The molecule has 0 radical (unpaired) electrons. The van der Waals surface area contributed by atoms with Crippen molar-refractivity contribution in [3.8, 4) is 5.75 Å².